The number of hydrogen-bond acceptors (Lipinski definition) is 4. The van der Waals surface area contributed by atoms with E-state index in [4.69, 9.17) is 0 Å². The molecule has 0 saturated heterocycles. The van der Waals surface area contributed by atoms with Crippen LogP contribution >= 0.6 is 17.0 Å². The van der Waals surface area contributed by atoms with E-state index < -0.39 is 23.5 Å². The molecule has 0 saturated carbocycles. The monoisotopic (exact) mass is 532 g/mol. The minimum atomic E-state index is -4.42. The highest BCUT2D eigenvalue weighted by atomic mass is 79.9. The molecule has 0 fully saturated rings. The highest BCUT2D eigenvalue weighted by Crippen LogP contribution is 2.30. The van der Waals surface area contributed by atoms with Crippen molar-refractivity contribution in [3.8, 4) is 0 Å². The van der Waals surface area contributed by atoms with E-state index in [9.17, 15) is 26.3 Å². The van der Waals surface area contributed by atoms with Crippen molar-refractivity contribution >= 4 is 40.8 Å². The van der Waals surface area contributed by atoms with Crippen LogP contribution in [0.25, 0.3) is 12.2 Å². The fourth-order valence-electron chi connectivity index (χ4n) is 2.65. The van der Waals surface area contributed by atoms with Crippen LogP contribution in [-0.2, 0) is 12.4 Å². The van der Waals surface area contributed by atoms with Crippen molar-refractivity contribution in [3.05, 3.63) is 82.9 Å². The summed E-state index contributed by atoms with van der Waals surface area (Å²) >= 11 is 0. The Morgan fingerprint density at radius 1 is 0.818 bits per heavy atom. The van der Waals surface area contributed by atoms with E-state index in [0.717, 1.165) is 24.3 Å². The summed E-state index contributed by atoms with van der Waals surface area (Å²) in [7, 11) is 0. The third-order valence-corrected chi connectivity index (χ3v) is 4.33. The van der Waals surface area contributed by atoms with Crippen LogP contribution < -0.4 is 10.7 Å². The van der Waals surface area contributed by atoms with Crippen LogP contribution in [0.5, 0.6) is 0 Å². The lowest BCUT2D eigenvalue weighted by molar-refractivity contribution is -0.138. The molecular formula is C22H19BrF6N4. The van der Waals surface area contributed by atoms with E-state index in [1.807, 2.05) is 0 Å². The molecule has 0 atom stereocenters. The van der Waals surface area contributed by atoms with E-state index in [-0.39, 0.29) is 17.0 Å². The quantitative estimate of drug-likeness (QED) is 0.284. The second kappa shape index (κ2) is 11.2. The molecular weight excluding hydrogens is 514 g/mol. The summed E-state index contributed by atoms with van der Waals surface area (Å²) in [5.41, 5.74) is 2.65. The molecule has 0 aromatic heterocycles. The maximum atomic E-state index is 12.7. The van der Waals surface area contributed by atoms with Crippen LogP contribution in [0.15, 0.2) is 70.8 Å². The Labute approximate surface area is 196 Å². The Morgan fingerprint density at radius 3 is 1.64 bits per heavy atom. The van der Waals surface area contributed by atoms with Crippen LogP contribution in [0.2, 0.25) is 0 Å². The number of halogens is 7. The molecule has 2 aromatic carbocycles. The van der Waals surface area contributed by atoms with Gasteiger partial charge in [0.1, 0.15) is 0 Å². The number of alkyl halides is 6. The molecule has 2 aromatic rings. The van der Waals surface area contributed by atoms with Gasteiger partial charge in [-0.2, -0.15) is 31.4 Å². The molecule has 0 radical (unpaired) electrons. The number of aliphatic imine (C=N–C) groups is 1. The summed E-state index contributed by atoms with van der Waals surface area (Å²) in [6, 6.07) is 9.21. The number of hydrazone groups is 1. The maximum Gasteiger partial charge on any atom is 0.416 e. The number of nitrogens with zero attached hydrogens (tertiary/aromatic N) is 2. The summed E-state index contributed by atoms with van der Waals surface area (Å²) in [5.74, 6) is 0.466. The first kappa shape index (κ1) is 26.2. The highest BCUT2D eigenvalue weighted by molar-refractivity contribution is 8.93. The van der Waals surface area contributed by atoms with Crippen molar-refractivity contribution < 1.29 is 26.3 Å². The number of guanidine groups is 1. The van der Waals surface area contributed by atoms with Gasteiger partial charge in [0.05, 0.1) is 23.4 Å². The Hall–Kier alpha value is -3.08. The van der Waals surface area contributed by atoms with Crippen LogP contribution in [0, 0.1) is 0 Å². The Morgan fingerprint density at radius 2 is 1.27 bits per heavy atom. The normalized spacial score (nSPS) is 14.1. The minimum absolute atomic E-state index is 0. The molecule has 2 N–H and O–H groups in total. The number of rotatable bonds is 5. The number of benzene rings is 2. The molecule has 176 valence electrons. The van der Waals surface area contributed by atoms with E-state index >= 15 is 0 Å². The second-order valence-electron chi connectivity index (χ2n) is 6.71. The van der Waals surface area contributed by atoms with Crippen molar-refractivity contribution in [1.82, 2.24) is 10.7 Å². The predicted molar refractivity (Wildman–Crippen MR) is 122 cm³/mol. The van der Waals surface area contributed by atoms with Crippen molar-refractivity contribution in [1.29, 1.82) is 0 Å². The predicted octanol–water partition coefficient (Wildman–Crippen LogP) is 5.93. The largest absolute Gasteiger partial charge is 0.416 e. The van der Waals surface area contributed by atoms with Gasteiger partial charge in [-0.1, -0.05) is 36.4 Å². The van der Waals surface area contributed by atoms with Gasteiger partial charge in [-0.3, -0.25) is 0 Å². The molecule has 33 heavy (non-hydrogen) atoms. The van der Waals surface area contributed by atoms with Gasteiger partial charge in [0.25, 0.3) is 0 Å². The van der Waals surface area contributed by atoms with Gasteiger partial charge in [0.2, 0.25) is 5.96 Å². The first-order chi connectivity index (χ1) is 15.1. The molecule has 0 bridgehead atoms. The number of allylic oxidation sites excluding steroid dienone is 2. The van der Waals surface area contributed by atoms with Crippen LogP contribution in [0.1, 0.15) is 22.3 Å². The SMILES string of the molecule is Br.FC(F)(F)c1ccc(/C=C/C(/C=C/c2ccc(C(F)(F)F)cc2)=NNC2=NCCN2)cc1. The first-order valence-corrected chi connectivity index (χ1v) is 9.44. The fraction of sp³-hybridized carbons (Fsp3) is 0.182. The first-order valence-electron chi connectivity index (χ1n) is 9.44. The Bertz CT molecular complexity index is 967. The fourth-order valence-corrected chi connectivity index (χ4v) is 2.65. The maximum absolute atomic E-state index is 12.7. The highest BCUT2D eigenvalue weighted by Gasteiger charge is 2.30. The zero-order chi connectivity index (χ0) is 23.2. The third-order valence-electron chi connectivity index (χ3n) is 4.33. The molecule has 11 heteroatoms. The molecule has 1 aliphatic heterocycles. The average molecular weight is 533 g/mol. The van der Waals surface area contributed by atoms with Gasteiger partial charge in [0.15, 0.2) is 0 Å². The number of hydrogen-bond donors (Lipinski definition) is 2. The lowest BCUT2D eigenvalue weighted by atomic mass is 10.1. The van der Waals surface area contributed by atoms with Crippen LogP contribution in [0.3, 0.4) is 0 Å². The van der Waals surface area contributed by atoms with E-state index in [1.165, 1.54) is 24.3 Å². The summed E-state index contributed by atoms with van der Waals surface area (Å²) in [6.45, 7) is 1.26. The second-order valence-corrected chi connectivity index (χ2v) is 6.71. The molecule has 0 spiro atoms. The zero-order valence-electron chi connectivity index (χ0n) is 16.9. The Balaban J connectivity index is 0.00000385. The Kier molecular flexibility index (Phi) is 8.86. The van der Waals surface area contributed by atoms with Gasteiger partial charge in [-0.15, -0.1) is 17.0 Å². The average Bonchev–Trinajstić information content (AvgIpc) is 3.26. The topological polar surface area (TPSA) is 48.8 Å². The van der Waals surface area contributed by atoms with Crippen molar-refractivity contribution in [2.24, 2.45) is 10.1 Å². The van der Waals surface area contributed by atoms with Gasteiger partial charge in [0, 0.05) is 6.54 Å². The summed E-state index contributed by atoms with van der Waals surface area (Å²) in [4.78, 5) is 4.14. The molecule has 0 amide bonds. The molecule has 0 aliphatic carbocycles. The molecule has 1 heterocycles. The minimum Gasteiger partial charge on any atom is -0.353 e. The van der Waals surface area contributed by atoms with E-state index in [2.05, 4.69) is 20.8 Å². The lowest BCUT2D eigenvalue weighted by Crippen LogP contribution is -2.30. The van der Waals surface area contributed by atoms with E-state index in [0.29, 0.717) is 35.9 Å². The van der Waals surface area contributed by atoms with Crippen molar-refractivity contribution in [2.75, 3.05) is 13.1 Å². The van der Waals surface area contributed by atoms with Gasteiger partial charge >= 0.3 is 12.4 Å². The van der Waals surface area contributed by atoms with Crippen molar-refractivity contribution in [3.63, 3.8) is 0 Å². The summed E-state index contributed by atoms with van der Waals surface area (Å²) in [5, 5.41) is 7.16. The summed E-state index contributed by atoms with van der Waals surface area (Å²) in [6.07, 6.45) is -2.57. The van der Waals surface area contributed by atoms with Crippen LogP contribution in [-0.4, -0.2) is 24.8 Å². The zero-order valence-corrected chi connectivity index (χ0v) is 18.6. The summed E-state index contributed by atoms with van der Waals surface area (Å²) < 4.78 is 76.2. The third kappa shape index (κ3) is 8.08. The smallest absolute Gasteiger partial charge is 0.353 e. The lowest BCUT2D eigenvalue weighted by Gasteiger charge is -2.06. The van der Waals surface area contributed by atoms with Gasteiger partial charge < -0.3 is 5.32 Å². The van der Waals surface area contributed by atoms with Gasteiger partial charge in [-0.25, -0.2) is 10.4 Å². The molecule has 3 rings (SSSR count). The number of nitrogens with one attached hydrogen (secondary N) is 2. The van der Waals surface area contributed by atoms with Crippen LogP contribution in [0.4, 0.5) is 26.3 Å². The standard InChI is InChI=1S/C22H18F6N4.BrH/c23-21(24,25)17-7-1-15(2-8-17)5-11-19(31-32-20-29-13-14-30-20)12-6-16-3-9-18(10-4-16)22(26,27)28;/h1-12H,13-14H2,(H2,29,30,32);1H/b11-5+,12-6+;. The van der Waals surface area contributed by atoms with E-state index in [1.54, 1.807) is 24.3 Å². The molecule has 1 aliphatic rings. The molecule has 0 unspecified atom stereocenters. The molecule has 4 nitrogen and oxygen atoms in total. The van der Waals surface area contributed by atoms with Crippen molar-refractivity contribution in [2.45, 2.75) is 12.4 Å². The van der Waals surface area contributed by atoms with Gasteiger partial charge in [-0.05, 0) is 47.5 Å².